The summed E-state index contributed by atoms with van der Waals surface area (Å²) in [5.41, 5.74) is 0.901. The first-order valence-corrected chi connectivity index (χ1v) is 10.7. The van der Waals surface area contributed by atoms with Crippen molar-refractivity contribution in [3.05, 3.63) is 52.8 Å². The highest BCUT2D eigenvalue weighted by Crippen LogP contribution is 2.37. The summed E-state index contributed by atoms with van der Waals surface area (Å²) in [6.07, 6.45) is -1.34. The molecule has 168 valence electrons. The van der Waals surface area contributed by atoms with Crippen LogP contribution in [-0.4, -0.2) is 40.5 Å². The number of nitrogens with one attached hydrogen (secondary N) is 1. The van der Waals surface area contributed by atoms with Crippen molar-refractivity contribution >= 4 is 22.4 Å². The number of benzene rings is 1. The van der Waals surface area contributed by atoms with Gasteiger partial charge < -0.3 is 15.0 Å². The van der Waals surface area contributed by atoms with Crippen molar-refractivity contribution in [3.8, 4) is 0 Å². The van der Waals surface area contributed by atoms with E-state index in [2.05, 4.69) is 25.4 Å². The van der Waals surface area contributed by atoms with Crippen molar-refractivity contribution in [2.45, 2.75) is 51.6 Å². The van der Waals surface area contributed by atoms with Crippen molar-refractivity contribution in [3.63, 3.8) is 0 Å². The minimum absolute atomic E-state index is 0.208. The average Bonchev–Trinajstić information content (AvgIpc) is 3.38. The molecule has 2 aromatic heterocycles. The van der Waals surface area contributed by atoms with E-state index >= 15 is 0 Å². The van der Waals surface area contributed by atoms with Gasteiger partial charge >= 0.3 is 6.18 Å². The fourth-order valence-electron chi connectivity index (χ4n) is 4.82. The number of hydrogen-bond acceptors (Lipinski definition) is 6. The number of aromatic nitrogens is 3. The smallest absolute Gasteiger partial charge is 0.374 e. The zero-order valence-corrected chi connectivity index (χ0v) is 18.1. The van der Waals surface area contributed by atoms with E-state index in [0.29, 0.717) is 24.0 Å². The first kappa shape index (κ1) is 20.9. The molecule has 0 unspecified atom stereocenters. The Kier molecular flexibility index (Phi) is 4.96. The lowest BCUT2D eigenvalue weighted by atomic mass is 9.97. The topological polar surface area (TPSA) is 63.2 Å². The molecule has 2 saturated heterocycles. The zero-order valence-electron chi connectivity index (χ0n) is 18.1. The third-order valence-electron chi connectivity index (χ3n) is 6.53. The van der Waals surface area contributed by atoms with E-state index in [1.54, 1.807) is 12.3 Å². The van der Waals surface area contributed by atoms with Crippen LogP contribution in [0, 0.1) is 13.8 Å². The van der Waals surface area contributed by atoms with Crippen LogP contribution in [0.1, 0.15) is 41.8 Å². The summed E-state index contributed by atoms with van der Waals surface area (Å²) >= 11 is 0. The van der Waals surface area contributed by atoms with E-state index < -0.39 is 17.8 Å². The summed E-state index contributed by atoms with van der Waals surface area (Å²) in [5.74, 6) is 1.38. The number of morpholine rings is 1. The number of ether oxygens (including phenoxy) is 1. The Morgan fingerprint density at radius 1 is 1.19 bits per heavy atom. The van der Waals surface area contributed by atoms with Gasteiger partial charge in [0.05, 0.1) is 36.1 Å². The number of nitrogens with zero attached hydrogens (tertiary/aromatic N) is 4. The van der Waals surface area contributed by atoms with Crippen molar-refractivity contribution < 1.29 is 17.9 Å². The van der Waals surface area contributed by atoms with Gasteiger partial charge in [-0.3, -0.25) is 0 Å². The molecule has 0 radical (unpaired) electrons. The van der Waals surface area contributed by atoms with Gasteiger partial charge in [-0.2, -0.15) is 18.3 Å². The number of aryl methyl sites for hydroxylation is 1. The van der Waals surface area contributed by atoms with Crippen LogP contribution in [0.5, 0.6) is 0 Å². The van der Waals surface area contributed by atoms with E-state index in [-0.39, 0.29) is 11.7 Å². The molecule has 4 heterocycles. The Morgan fingerprint density at radius 2 is 2.00 bits per heavy atom. The summed E-state index contributed by atoms with van der Waals surface area (Å²) in [4.78, 5) is 6.91. The first-order chi connectivity index (χ1) is 15.2. The van der Waals surface area contributed by atoms with Gasteiger partial charge in [0.2, 0.25) is 0 Å². The van der Waals surface area contributed by atoms with E-state index in [4.69, 9.17) is 4.74 Å². The third kappa shape index (κ3) is 3.54. The van der Waals surface area contributed by atoms with E-state index in [0.717, 1.165) is 41.3 Å². The number of halogens is 3. The van der Waals surface area contributed by atoms with E-state index in [1.165, 1.54) is 13.0 Å². The van der Waals surface area contributed by atoms with Crippen molar-refractivity contribution in [2.24, 2.45) is 0 Å². The molecule has 0 saturated carbocycles. The van der Waals surface area contributed by atoms with Crippen LogP contribution in [-0.2, 0) is 10.9 Å². The van der Waals surface area contributed by atoms with Crippen LogP contribution in [0.4, 0.5) is 24.8 Å². The predicted molar refractivity (Wildman–Crippen MR) is 116 cm³/mol. The minimum Gasteiger partial charge on any atom is -0.374 e. The highest BCUT2D eigenvalue weighted by atomic mass is 19.4. The molecular formula is C23H24F3N5O. The van der Waals surface area contributed by atoms with Crippen LogP contribution in [0.25, 0.3) is 10.8 Å². The Morgan fingerprint density at radius 3 is 2.69 bits per heavy atom. The molecule has 9 heteroatoms. The van der Waals surface area contributed by atoms with Gasteiger partial charge in [-0.15, -0.1) is 5.10 Å². The van der Waals surface area contributed by atoms with Crippen LogP contribution in [0.2, 0.25) is 0 Å². The molecule has 0 spiro atoms. The van der Waals surface area contributed by atoms with Gasteiger partial charge in [0, 0.05) is 23.5 Å². The summed E-state index contributed by atoms with van der Waals surface area (Å²) in [6.45, 7) is 6.71. The summed E-state index contributed by atoms with van der Waals surface area (Å²) < 4.78 is 45.8. The number of anilines is 2. The fourth-order valence-corrected chi connectivity index (χ4v) is 4.82. The largest absolute Gasteiger partial charge is 0.416 e. The quantitative estimate of drug-likeness (QED) is 0.624. The lowest BCUT2D eigenvalue weighted by Gasteiger charge is -2.28. The summed E-state index contributed by atoms with van der Waals surface area (Å²) in [7, 11) is 0. The van der Waals surface area contributed by atoms with Gasteiger partial charge in [-0.1, -0.05) is 12.1 Å². The van der Waals surface area contributed by atoms with Gasteiger partial charge in [0.1, 0.15) is 5.82 Å². The molecular weight excluding hydrogens is 419 g/mol. The molecule has 32 heavy (non-hydrogen) atoms. The normalized spacial score (nSPS) is 21.4. The molecule has 2 aliphatic rings. The van der Waals surface area contributed by atoms with Crippen LogP contribution in [0.3, 0.4) is 0 Å². The first-order valence-electron chi connectivity index (χ1n) is 10.7. The molecule has 5 rings (SSSR count). The van der Waals surface area contributed by atoms with Crippen LogP contribution < -0.4 is 10.2 Å². The highest BCUT2D eigenvalue weighted by molar-refractivity contribution is 5.94. The average molecular weight is 443 g/mol. The number of pyridine rings is 1. The van der Waals surface area contributed by atoms with Gasteiger partial charge in [-0.05, 0) is 50.5 Å². The predicted octanol–water partition coefficient (Wildman–Crippen LogP) is 4.81. The van der Waals surface area contributed by atoms with Gasteiger partial charge in [0.15, 0.2) is 5.82 Å². The molecule has 1 N–H and O–H groups in total. The maximum Gasteiger partial charge on any atom is 0.416 e. The lowest BCUT2D eigenvalue weighted by Crippen LogP contribution is -2.37. The summed E-state index contributed by atoms with van der Waals surface area (Å²) in [5, 5.41) is 13.6. The van der Waals surface area contributed by atoms with E-state index in [9.17, 15) is 13.2 Å². The Balaban J connectivity index is 1.50. The number of alkyl halides is 3. The minimum atomic E-state index is -4.39. The highest BCUT2D eigenvalue weighted by Gasteiger charge is 2.39. The van der Waals surface area contributed by atoms with Gasteiger partial charge in [-0.25, -0.2) is 4.98 Å². The molecule has 2 bridgehead atoms. The van der Waals surface area contributed by atoms with Crippen molar-refractivity contribution in [1.82, 2.24) is 15.2 Å². The Labute approximate surface area is 183 Å². The standard InChI is InChI=1S/C23H24F3N5O/c1-12-17(5-4-6-20(12)23(24,25)26)13(2)28-22-18-8-21(27-9-19(18)14(3)29-30-22)31-10-16-7-15(31)11-32-16/h4-6,8-9,13,15-16H,7,10-11H2,1-3H3,(H,28,30)/t13-,15+,16+/m1/s1. The molecule has 2 aliphatic heterocycles. The molecule has 6 nitrogen and oxygen atoms in total. The van der Waals surface area contributed by atoms with Crippen molar-refractivity contribution in [1.29, 1.82) is 0 Å². The van der Waals surface area contributed by atoms with E-state index in [1.807, 2.05) is 19.9 Å². The Hall–Kier alpha value is -2.94. The third-order valence-corrected chi connectivity index (χ3v) is 6.53. The number of rotatable bonds is 4. The molecule has 0 aliphatic carbocycles. The van der Waals surface area contributed by atoms with Gasteiger partial charge in [0.25, 0.3) is 0 Å². The monoisotopic (exact) mass is 443 g/mol. The fraction of sp³-hybridized carbons (Fsp3) is 0.435. The molecule has 2 fully saturated rings. The molecule has 0 amide bonds. The second-order valence-electron chi connectivity index (χ2n) is 8.60. The molecule has 3 aromatic rings. The second kappa shape index (κ2) is 7.58. The zero-order chi connectivity index (χ0) is 22.6. The van der Waals surface area contributed by atoms with Crippen LogP contribution in [0.15, 0.2) is 30.5 Å². The Bertz CT molecular complexity index is 1180. The maximum atomic E-state index is 13.4. The number of hydrogen-bond donors (Lipinski definition) is 1. The molecule has 1 aromatic carbocycles. The SMILES string of the molecule is Cc1c([C@@H](C)Nc2nnc(C)c3cnc(N4C[C@@H]5C[C@H]4CO5)cc23)cccc1C(F)(F)F. The summed E-state index contributed by atoms with van der Waals surface area (Å²) in [6, 6.07) is 6.17. The number of fused-ring (bicyclic) bond motifs is 3. The molecule has 3 atom stereocenters. The lowest BCUT2D eigenvalue weighted by molar-refractivity contribution is -0.138. The van der Waals surface area contributed by atoms with Crippen LogP contribution >= 0.6 is 0 Å². The second-order valence-corrected chi connectivity index (χ2v) is 8.60. The van der Waals surface area contributed by atoms with Crippen molar-refractivity contribution in [2.75, 3.05) is 23.4 Å². The maximum absolute atomic E-state index is 13.4.